The quantitative estimate of drug-likeness (QED) is 0.787. The van der Waals surface area contributed by atoms with Gasteiger partial charge in [-0.1, -0.05) is 0 Å². The van der Waals surface area contributed by atoms with Gasteiger partial charge in [-0.05, 0) is 19.9 Å². The molecule has 3 heterocycles. The number of methoxy groups -OCH3 is 1. The molecule has 3 aromatic heterocycles. The van der Waals surface area contributed by atoms with Crippen LogP contribution in [0.4, 0.5) is 10.9 Å². The molecule has 0 spiro atoms. The normalized spacial score (nSPS) is 10.6. The standard InChI is InChI=1S/C14H14N4OS2/c1-8-13(21-9(2)16-8)11-7-20-14(17-11)18-12-6-10(19-3)4-5-15-12/h4-7H,1-3H3,(H,15,17,18). The zero-order valence-corrected chi connectivity index (χ0v) is 13.5. The number of hydrogen-bond acceptors (Lipinski definition) is 7. The molecule has 0 unspecified atom stereocenters. The Labute approximate surface area is 130 Å². The summed E-state index contributed by atoms with van der Waals surface area (Å²) in [7, 11) is 1.63. The number of aryl methyl sites for hydroxylation is 2. The molecule has 0 aliphatic carbocycles. The zero-order chi connectivity index (χ0) is 14.8. The minimum absolute atomic E-state index is 0.715. The van der Waals surface area contributed by atoms with Crippen molar-refractivity contribution >= 4 is 33.6 Å². The first-order valence-corrected chi connectivity index (χ1v) is 8.02. The molecular formula is C14H14N4OS2. The van der Waals surface area contributed by atoms with E-state index >= 15 is 0 Å². The van der Waals surface area contributed by atoms with Gasteiger partial charge in [0.2, 0.25) is 0 Å². The van der Waals surface area contributed by atoms with Crippen molar-refractivity contribution in [2.24, 2.45) is 0 Å². The number of rotatable bonds is 4. The molecule has 0 amide bonds. The van der Waals surface area contributed by atoms with Crippen LogP contribution in [0.25, 0.3) is 10.6 Å². The third-order valence-corrected chi connectivity index (χ3v) is 4.70. The Bertz CT molecular complexity index is 766. The van der Waals surface area contributed by atoms with Crippen molar-refractivity contribution < 1.29 is 4.74 Å². The summed E-state index contributed by atoms with van der Waals surface area (Å²) in [6, 6.07) is 3.64. The van der Waals surface area contributed by atoms with Crippen LogP contribution in [0.5, 0.6) is 5.75 Å². The van der Waals surface area contributed by atoms with E-state index in [2.05, 4.69) is 20.3 Å². The molecule has 0 aromatic carbocycles. The molecule has 0 fully saturated rings. The maximum atomic E-state index is 5.18. The predicted octanol–water partition coefficient (Wildman–Crippen LogP) is 4.03. The Hall–Kier alpha value is -1.99. The summed E-state index contributed by atoms with van der Waals surface area (Å²) in [6.07, 6.45) is 1.70. The third-order valence-electron chi connectivity index (χ3n) is 2.84. The Morgan fingerprint density at radius 3 is 2.81 bits per heavy atom. The van der Waals surface area contributed by atoms with Crippen LogP contribution in [0.1, 0.15) is 10.7 Å². The molecule has 1 N–H and O–H groups in total. The second-order valence-electron chi connectivity index (χ2n) is 4.39. The van der Waals surface area contributed by atoms with E-state index in [1.54, 1.807) is 36.0 Å². The van der Waals surface area contributed by atoms with Crippen LogP contribution in [0, 0.1) is 13.8 Å². The molecule has 7 heteroatoms. The minimum Gasteiger partial charge on any atom is -0.497 e. The van der Waals surface area contributed by atoms with Crippen LogP contribution in [-0.2, 0) is 0 Å². The Kier molecular flexibility index (Phi) is 3.85. The lowest BCUT2D eigenvalue weighted by molar-refractivity contribution is 0.414. The van der Waals surface area contributed by atoms with Gasteiger partial charge in [0.25, 0.3) is 0 Å². The van der Waals surface area contributed by atoms with Crippen molar-refractivity contribution in [2.45, 2.75) is 13.8 Å². The van der Waals surface area contributed by atoms with Crippen LogP contribution < -0.4 is 10.1 Å². The van der Waals surface area contributed by atoms with Gasteiger partial charge in [0.1, 0.15) is 11.6 Å². The fraction of sp³-hybridized carbons (Fsp3) is 0.214. The van der Waals surface area contributed by atoms with Gasteiger partial charge in [-0.15, -0.1) is 22.7 Å². The molecule has 108 valence electrons. The topological polar surface area (TPSA) is 59.9 Å². The lowest BCUT2D eigenvalue weighted by atomic mass is 10.3. The molecule has 0 bridgehead atoms. The van der Waals surface area contributed by atoms with Crippen molar-refractivity contribution in [3.8, 4) is 16.3 Å². The van der Waals surface area contributed by atoms with Gasteiger partial charge >= 0.3 is 0 Å². The molecule has 0 saturated heterocycles. The Morgan fingerprint density at radius 1 is 1.24 bits per heavy atom. The predicted molar refractivity (Wildman–Crippen MR) is 86.8 cm³/mol. The third kappa shape index (κ3) is 3.03. The molecular weight excluding hydrogens is 304 g/mol. The maximum absolute atomic E-state index is 5.18. The molecule has 0 aliphatic rings. The summed E-state index contributed by atoms with van der Waals surface area (Å²) in [5.41, 5.74) is 1.97. The first-order valence-electron chi connectivity index (χ1n) is 6.32. The van der Waals surface area contributed by atoms with E-state index in [1.807, 2.05) is 31.4 Å². The molecule has 0 atom stereocenters. The largest absolute Gasteiger partial charge is 0.497 e. The van der Waals surface area contributed by atoms with Crippen LogP contribution >= 0.6 is 22.7 Å². The first-order chi connectivity index (χ1) is 10.2. The van der Waals surface area contributed by atoms with Crippen LogP contribution in [0.3, 0.4) is 0 Å². The van der Waals surface area contributed by atoms with Crippen molar-refractivity contribution in [2.75, 3.05) is 12.4 Å². The second kappa shape index (κ2) is 5.79. The van der Waals surface area contributed by atoms with E-state index in [4.69, 9.17) is 4.74 Å². The highest BCUT2D eigenvalue weighted by Crippen LogP contribution is 2.32. The number of aromatic nitrogens is 3. The van der Waals surface area contributed by atoms with E-state index in [0.717, 1.165) is 32.2 Å². The number of nitrogens with one attached hydrogen (secondary N) is 1. The fourth-order valence-corrected chi connectivity index (χ4v) is 3.58. The number of nitrogens with zero attached hydrogens (tertiary/aromatic N) is 3. The zero-order valence-electron chi connectivity index (χ0n) is 11.9. The molecule has 3 rings (SSSR count). The van der Waals surface area contributed by atoms with E-state index < -0.39 is 0 Å². The average molecular weight is 318 g/mol. The maximum Gasteiger partial charge on any atom is 0.188 e. The lowest BCUT2D eigenvalue weighted by Crippen LogP contribution is -1.93. The Balaban J connectivity index is 1.83. The van der Waals surface area contributed by atoms with Crippen molar-refractivity contribution in [1.29, 1.82) is 0 Å². The van der Waals surface area contributed by atoms with Gasteiger partial charge in [-0.3, -0.25) is 0 Å². The number of anilines is 2. The summed E-state index contributed by atoms with van der Waals surface area (Å²) in [4.78, 5) is 14.4. The molecule has 0 aliphatic heterocycles. The summed E-state index contributed by atoms with van der Waals surface area (Å²) in [6.45, 7) is 4.02. The second-order valence-corrected chi connectivity index (χ2v) is 6.45. The smallest absolute Gasteiger partial charge is 0.188 e. The summed E-state index contributed by atoms with van der Waals surface area (Å²) >= 11 is 3.21. The van der Waals surface area contributed by atoms with Crippen molar-refractivity contribution in [1.82, 2.24) is 15.0 Å². The minimum atomic E-state index is 0.715. The van der Waals surface area contributed by atoms with Gasteiger partial charge in [0, 0.05) is 17.6 Å². The van der Waals surface area contributed by atoms with Gasteiger partial charge in [-0.25, -0.2) is 15.0 Å². The number of ether oxygens (including phenoxy) is 1. The SMILES string of the molecule is COc1ccnc(Nc2nc(-c3sc(C)nc3C)cs2)c1. The number of thiazole rings is 2. The molecule has 21 heavy (non-hydrogen) atoms. The highest BCUT2D eigenvalue weighted by Gasteiger charge is 2.11. The van der Waals surface area contributed by atoms with Gasteiger partial charge < -0.3 is 10.1 Å². The average Bonchev–Trinajstić information content (AvgIpc) is 3.05. The summed E-state index contributed by atoms with van der Waals surface area (Å²) < 4.78 is 5.18. The van der Waals surface area contributed by atoms with Crippen LogP contribution in [-0.4, -0.2) is 22.1 Å². The monoisotopic (exact) mass is 318 g/mol. The lowest BCUT2D eigenvalue weighted by Gasteiger charge is -2.03. The summed E-state index contributed by atoms with van der Waals surface area (Å²) in [5.74, 6) is 1.48. The molecule has 0 saturated carbocycles. The fourth-order valence-electron chi connectivity index (χ4n) is 1.92. The van der Waals surface area contributed by atoms with E-state index in [1.165, 1.54) is 0 Å². The van der Waals surface area contributed by atoms with Crippen molar-refractivity contribution in [3.05, 3.63) is 34.4 Å². The number of pyridine rings is 1. The highest BCUT2D eigenvalue weighted by molar-refractivity contribution is 7.16. The van der Waals surface area contributed by atoms with Gasteiger partial charge in [-0.2, -0.15) is 0 Å². The summed E-state index contributed by atoms with van der Waals surface area (Å²) in [5, 5.41) is 7.08. The van der Waals surface area contributed by atoms with Gasteiger partial charge in [0.15, 0.2) is 5.13 Å². The van der Waals surface area contributed by atoms with Crippen LogP contribution in [0.2, 0.25) is 0 Å². The highest BCUT2D eigenvalue weighted by atomic mass is 32.1. The Morgan fingerprint density at radius 2 is 2.10 bits per heavy atom. The van der Waals surface area contributed by atoms with E-state index in [0.29, 0.717) is 5.82 Å². The van der Waals surface area contributed by atoms with Gasteiger partial charge in [0.05, 0.1) is 28.4 Å². The van der Waals surface area contributed by atoms with Crippen molar-refractivity contribution in [3.63, 3.8) is 0 Å². The molecule has 3 aromatic rings. The molecule has 0 radical (unpaired) electrons. The first kappa shape index (κ1) is 14.0. The van der Waals surface area contributed by atoms with E-state index in [-0.39, 0.29) is 0 Å². The van der Waals surface area contributed by atoms with E-state index in [9.17, 15) is 0 Å². The molecule has 5 nitrogen and oxygen atoms in total. The number of hydrogen-bond donors (Lipinski definition) is 1. The van der Waals surface area contributed by atoms with Crippen LogP contribution in [0.15, 0.2) is 23.7 Å².